The minimum atomic E-state index is -5.64. The van der Waals surface area contributed by atoms with Crippen LogP contribution in [-0.2, 0) is 81.9 Å². The zero-order valence-electron chi connectivity index (χ0n) is 61.5. The van der Waals surface area contributed by atoms with Crippen LogP contribution in [0.3, 0.4) is 0 Å². The molecule has 39 heteroatoms. The molecule has 3 aromatic carbocycles. The summed E-state index contributed by atoms with van der Waals surface area (Å²) in [5, 5.41) is 17.9. The molecule has 111 heavy (non-hydrogen) atoms. The number of phosphoric ester groups is 1. The van der Waals surface area contributed by atoms with Gasteiger partial charge in [0.2, 0.25) is 23.7 Å². The van der Waals surface area contributed by atoms with Gasteiger partial charge < -0.3 is 49.8 Å². The number of hydrazine groups is 1. The van der Waals surface area contributed by atoms with E-state index in [1.807, 2.05) is 5.32 Å². The number of Topliss-reactive ketones (excluding diaryl/α,β-unsaturated/α-hetero) is 1. The van der Waals surface area contributed by atoms with Crippen molar-refractivity contribution in [1.82, 2.24) is 45.7 Å². The molecule has 3 fully saturated rings. The van der Waals surface area contributed by atoms with Gasteiger partial charge in [-0.05, 0) is 93.1 Å². The minimum Gasteiger partial charge on any atom is -0.480 e. The molecule has 2 aromatic heterocycles. The number of primary amides is 1. The van der Waals surface area contributed by atoms with E-state index >= 15 is 44.7 Å². The van der Waals surface area contributed by atoms with Gasteiger partial charge in [0.15, 0.2) is 5.78 Å². The van der Waals surface area contributed by atoms with E-state index in [1.54, 1.807) is 0 Å². The highest BCUT2D eigenvalue weighted by molar-refractivity contribution is 7.46. The number of esters is 2. The van der Waals surface area contributed by atoms with Gasteiger partial charge in [-0.1, -0.05) is 57.7 Å². The fourth-order valence-corrected chi connectivity index (χ4v) is 14.0. The summed E-state index contributed by atoms with van der Waals surface area (Å²) >= 11 is 0. The molecule has 2 bridgehead atoms. The molecule has 3 aliphatic heterocycles. The number of alkyl carbamates (subject to hydrolysis) is 1. The highest BCUT2D eigenvalue weighted by Gasteiger charge is 2.57. The van der Waals surface area contributed by atoms with Gasteiger partial charge in [0.25, 0.3) is 0 Å². The van der Waals surface area contributed by atoms with Crippen molar-refractivity contribution in [3.8, 4) is 28.8 Å². The maximum absolute atomic E-state index is 16.9. The van der Waals surface area contributed by atoms with Crippen LogP contribution >= 0.6 is 7.82 Å². The number of halogens is 10. The van der Waals surface area contributed by atoms with E-state index in [2.05, 4.69) is 56.9 Å². The molecule has 2 unspecified atom stereocenters. The number of rotatable bonds is 33. The lowest BCUT2D eigenvalue weighted by molar-refractivity contribution is -0.231. The molecule has 7 atom stereocenters. The van der Waals surface area contributed by atoms with Gasteiger partial charge in [-0.2, -0.15) is 40.2 Å². The van der Waals surface area contributed by atoms with Crippen molar-refractivity contribution in [2.24, 2.45) is 28.4 Å². The number of benzene rings is 3. The first-order chi connectivity index (χ1) is 51.7. The van der Waals surface area contributed by atoms with Crippen LogP contribution in [0.5, 0.6) is 5.75 Å². The van der Waals surface area contributed by atoms with E-state index in [1.165, 1.54) is 63.5 Å². The van der Waals surface area contributed by atoms with Crippen molar-refractivity contribution in [1.29, 1.82) is 0 Å². The van der Waals surface area contributed by atoms with Gasteiger partial charge >= 0.3 is 50.7 Å². The summed E-state index contributed by atoms with van der Waals surface area (Å²) in [6.07, 6.45) is -14.8. The van der Waals surface area contributed by atoms with Crippen LogP contribution in [0.15, 0.2) is 73.2 Å². The summed E-state index contributed by atoms with van der Waals surface area (Å²) in [5.41, 5.74) is -2.68. The summed E-state index contributed by atoms with van der Waals surface area (Å²) in [4.78, 5) is 143. The van der Waals surface area contributed by atoms with Crippen LogP contribution in [0.4, 0.5) is 54.6 Å². The Balaban J connectivity index is 1.28. The van der Waals surface area contributed by atoms with Crippen LogP contribution in [0.25, 0.3) is 11.3 Å². The van der Waals surface area contributed by atoms with Crippen LogP contribution in [0.1, 0.15) is 126 Å². The Labute approximate surface area is 630 Å². The van der Waals surface area contributed by atoms with Crippen LogP contribution < -0.4 is 31.2 Å². The fraction of sp³-hybridized carbons (Fsp3) is 0.514. The van der Waals surface area contributed by atoms with E-state index in [0.717, 1.165) is 45.4 Å². The number of carboxylic acid groups (broad SMARTS) is 1. The molecule has 3 aliphatic rings. The summed E-state index contributed by atoms with van der Waals surface area (Å²) in [7, 11) is -4.10. The van der Waals surface area contributed by atoms with Gasteiger partial charge in [0.1, 0.15) is 35.6 Å². The number of aliphatic carboxylic acids is 1. The number of methoxy groups -OCH3 is 2. The normalized spacial score (nSPS) is 17.1. The van der Waals surface area contributed by atoms with Gasteiger partial charge in [0.05, 0.1) is 93.7 Å². The van der Waals surface area contributed by atoms with Crippen LogP contribution in [0, 0.1) is 53.1 Å². The predicted octanol–water partition coefficient (Wildman–Crippen LogP) is 8.24. The molecule has 604 valence electrons. The monoisotopic (exact) mass is 1600 g/mol. The topological polar surface area (TPSA) is 376 Å². The summed E-state index contributed by atoms with van der Waals surface area (Å²) in [6, 6.07) is 6.64. The Hall–Kier alpha value is -9.80. The van der Waals surface area contributed by atoms with Crippen LogP contribution in [0.2, 0.25) is 0 Å². The number of hydrogen-bond acceptors (Lipinski definition) is 20. The zero-order chi connectivity index (χ0) is 82.2. The molecule has 8 rings (SSSR count). The van der Waals surface area contributed by atoms with Crippen molar-refractivity contribution in [2.45, 2.75) is 167 Å². The summed E-state index contributed by atoms with van der Waals surface area (Å²) in [6.45, 7) is 2.83. The number of carbonyl (C=O) groups excluding carboxylic acids is 7. The molecule has 0 radical (unpaired) electrons. The second-order valence-corrected chi connectivity index (χ2v) is 30.3. The van der Waals surface area contributed by atoms with E-state index in [0.29, 0.717) is 106 Å². The molecule has 5 heterocycles. The molecular weight excluding hydrogens is 1510 g/mol. The van der Waals surface area contributed by atoms with Crippen molar-refractivity contribution in [3.63, 3.8) is 0 Å². The number of ether oxygens (including phenoxy) is 4. The lowest BCUT2D eigenvalue weighted by Gasteiger charge is -2.47. The van der Waals surface area contributed by atoms with Gasteiger partial charge in [-0.3, -0.25) is 48.9 Å². The Morgan fingerprint density at radius 2 is 1.39 bits per heavy atom. The number of aromatic nitrogens is 4. The smallest absolute Gasteiger partial charge is 0.480 e. The number of nitrogens with zero attached hydrogens (tertiary/aromatic N) is 7. The lowest BCUT2D eigenvalue weighted by Crippen LogP contribution is -2.62. The average molecular weight is 1600 g/mol. The first kappa shape index (κ1) is 86.8. The van der Waals surface area contributed by atoms with Gasteiger partial charge in [0, 0.05) is 90.3 Å². The molecule has 0 spiro atoms. The number of ketones is 1. The minimum absolute atomic E-state index is 0.127. The molecule has 8 N–H and O–H groups in total. The van der Waals surface area contributed by atoms with E-state index in [-0.39, 0.29) is 26.9 Å². The Morgan fingerprint density at radius 3 is 1.91 bits per heavy atom. The molecule has 5 aromatic rings. The van der Waals surface area contributed by atoms with Gasteiger partial charge in [-0.25, -0.2) is 42.6 Å². The number of aryl methyl sites for hydroxylation is 1. The number of amides is 4. The average Bonchev–Trinajstić information content (AvgIpc) is 0.892. The molecular formula is C72H84F10N11O17P. The number of phosphoric acid groups is 1. The lowest BCUT2D eigenvalue weighted by atomic mass is 9.75. The quantitative estimate of drug-likeness (QED) is 0.00519. The third kappa shape index (κ3) is 22.1. The molecule has 0 saturated carbocycles. The Morgan fingerprint density at radius 1 is 0.784 bits per heavy atom. The van der Waals surface area contributed by atoms with E-state index in [4.69, 9.17) is 19.7 Å². The van der Waals surface area contributed by atoms with E-state index in [9.17, 15) is 57.0 Å². The molecule has 28 nitrogen and oxygen atoms in total. The fourth-order valence-electron chi connectivity index (χ4n) is 13.6. The maximum atomic E-state index is 16.9. The third-order valence-corrected chi connectivity index (χ3v) is 20.2. The number of anilines is 1. The van der Waals surface area contributed by atoms with Crippen molar-refractivity contribution >= 4 is 61.3 Å². The van der Waals surface area contributed by atoms with Crippen molar-refractivity contribution in [3.05, 3.63) is 124 Å². The highest BCUT2D eigenvalue weighted by Crippen LogP contribution is 2.48. The molecule has 4 amide bonds. The Kier molecular flexibility index (Phi) is 27.6. The second kappa shape index (κ2) is 35.3. The standard InChI is InChI=1S/C72H84F10N11O17P/c1-38-20-44(26-58(96)86-53(64(100)101)28-57(83)95)61(55(21-38)110-111(103,104)105)68(2,3)29-60(98)109-56(35-91(89-63(99)49(27-59(97)106-8)69(4,5)71(77,78)79)34-48-50(73)23-42(24-51(48)74)52-18-19-92(88-52)65(75)76)43(25-54(94)62(87-67(102)107-9)70(6,7)72(80,81)82)22-40-13-10-39(11-14-40)12-15-41-30-84-66(85-31-41)90-32-45-16-17-46(33-90)93(45)47-36-108-37-47/h10-11,13-14,18-21,23-24,30-31,43,45-47,49,53,56,62,65H,16-17,22,25-29,32-37H2,1-9H3,(H2,83,95)(H,86,96)(H,87,102)(H,89,99)(H,100,101)(H2,103,104,105)/t43-,45?,46?,49-,53+,56+,62-/m1/s1. The first-order valence-corrected chi connectivity index (χ1v) is 36.1. The zero-order valence-corrected chi connectivity index (χ0v) is 62.4. The number of hydrogen-bond donors (Lipinski definition) is 7. The highest BCUT2D eigenvalue weighted by atomic mass is 31.2. The summed E-state index contributed by atoms with van der Waals surface area (Å²) in [5.74, 6) is -11.9. The van der Waals surface area contributed by atoms with Gasteiger partial charge in [-0.15, -0.1) is 0 Å². The number of alkyl halides is 8. The first-order valence-electron chi connectivity index (χ1n) is 34.6. The number of carbonyl (C=O) groups is 8. The number of piperazine rings is 1. The largest absolute Gasteiger partial charge is 0.524 e. The number of nitrogens with one attached hydrogen (secondary N) is 3. The maximum Gasteiger partial charge on any atom is 0.524 e. The van der Waals surface area contributed by atoms with Crippen molar-refractivity contribution in [2.75, 3.05) is 52.0 Å². The SMILES string of the molecule is COC(=O)C[C@H](C(=O)NN(Cc1c(F)cc(-c2ccn(C(F)F)n2)cc1F)C[C@H](OC(=O)CC(C)(C)c1c(CC(=O)N[C@@H](CC(N)=O)C(=O)O)cc(C)cc1OP(=O)(O)O)[C@@H](CC(=O)[C@@H](NC(=O)OC)C(C)(C)C(F)(F)F)Cc1ccc(C#Cc2cnc(N3CC4CCC(C3)N4C3COC3)nc2)cc1)C(C)(C)C(F)(F)F. The molecule has 0 aliphatic carbocycles. The number of nitrogens with two attached hydrogens (primary N) is 1. The summed E-state index contributed by atoms with van der Waals surface area (Å²) < 4.78 is 192. The van der Waals surface area contributed by atoms with Crippen LogP contribution in [-0.4, -0.2) is 188 Å². The number of carboxylic acids is 1. The third-order valence-electron chi connectivity index (χ3n) is 19.8. The molecule has 3 saturated heterocycles. The van der Waals surface area contributed by atoms with E-state index < -0.39 is 206 Å². The second-order valence-electron chi connectivity index (χ2n) is 29.1. The predicted molar refractivity (Wildman–Crippen MR) is 372 cm³/mol. The Bertz CT molecular complexity index is 4340. The number of fused-ring (bicyclic) bond motifs is 2. The van der Waals surface area contributed by atoms with Crippen molar-refractivity contribution < 1.29 is 125 Å².